The lowest BCUT2D eigenvalue weighted by Crippen LogP contribution is -2.30. The largest absolute Gasteiger partial charge is 0.462 e. The summed E-state index contributed by atoms with van der Waals surface area (Å²) in [5, 5.41) is 9.04. The molecule has 0 aliphatic heterocycles. The minimum Gasteiger partial charge on any atom is -0.462 e. The highest BCUT2D eigenvalue weighted by Gasteiger charge is 2.26. The van der Waals surface area contributed by atoms with Crippen LogP contribution in [0.5, 0.6) is 0 Å². The first kappa shape index (κ1) is 28.1. The molecule has 8 nitrogen and oxygen atoms in total. The zero-order valence-corrected chi connectivity index (χ0v) is 23.6. The summed E-state index contributed by atoms with van der Waals surface area (Å²) >= 11 is 3.46. The van der Waals surface area contributed by atoms with Gasteiger partial charge in [0.15, 0.2) is 15.6 Å². The number of halogens is 1. The van der Waals surface area contributed by atoms with Crippen molar-refractivity contribution in [3.05, 3.63) is 98.9 Å². The topological polar surface area (TPSA) is 123 Å². The second-order valence-electron chi connectivity index (χ2n) is 8.89. The average molecular weight is 609 g/mol. The van der Waals surface area contributed by atoms with Crippen molar-refractivity contribution in [1.82, 2.24) is 4.57 Å². The van der Waals surface area contributed by atoms with Crippen molar-refractivity contribution >= 4 is 54.0 Å². The van der Waals surface area contributed by atoms with E-state index in [4.69, 9.17) is 10.1 Å². The maximum atomic E-state index is 13.9. The standard InChI is InChI=1S/C29H25BrN2O6S/c1-3-38-29(35)24(31)16-25(33)27-26(19-7-5-4-6-8-19)23-15-20(30)11-14-22(23)28(34)32(27)17-18-9-12-21(13-10-18)39(2,36)37/h4-15,31H,3,16-17H2,1-2H3. The summed E-state index contributed by atoms with van der Waals surface area (Å²) in [6.45, 7) is 1.62. The first-order valence-electron chi connectivity index (χ1n) is 12.0. The lowest BCUT2D eigenvalue weighted by molar-refractivity contribution is -0.135. The van der Waals surface area contributed by atoms with E-state index >= 15 is 0 Å². The van der Waals surface area contributed by atoms with Crippen LogP contribution in [0.2, 0.25) is 0 Å². The molecule has 10 heteroatoms. The molecule has 4 aromatic rings. The molecule has 3 aromatic carbocycles. The van der Waals surface area contributed by atoms with Gasteiger partial charge < -0.3 is 4.74 Å². The van der Waals surface area contributed by atoms with Gasteiger partial charge in [-0.25, -0.2) is 13.2 Å². The predicted molar refractivity (Wildman–Crippen MR) is 153 cm³/mol. The number of Topliss-reactive ketones (excluding diaryl/α,β-unsaturated/α-hetero) is 1. The quantitative estimate of drug-likeness (QED) is 0.161. The number of benzene rings is 3. The predicted octanol–water partition coefficient (Wildman–Crippen LogP) is 5.04. The highest BCUT2D eigenvalue weighted by atomic mass is 79.9. The van der Waals surface area contributed by atoms with E-state index in [2.05, 4.69) is 15.9 Å². The molecule has 0 amide bonds. The van der Waals surface area contributed by atoms with Crippen LogP contribution in [0, 0.1) is 5.41 Å². The second kappa shape index (κ2) is 11.5. The summed E-state index contributed by atoms with van der Waals surface area (Å²) in [6, 6.07) is 20.3. The number of sulfone groups is 1. The Bertz CT molecular complexity index is 1760. The third-order valence-electron chi connectivity index (χ3n) is 6.11. The first-order chi connectivity index (χ1) is 18.5. The summed E-state index contributed by atoms with van der Waals surface area (Å²) in [5.74, 6) is -1.50. The Morgan fingerprint density at radius 3 is 2.26 bits per heavy atom. The van der Waals surface area contributed by atoms with Gasteiger partial charge in [0.25, 0.3) is 5.56 Å². The lowest BCUT2D eigenvalue weighted by atomic mass is 9.93. The summed E-state index contributed by atoms with van der Waals surface area (Å²) in [7, 11) is -3.42. The van der Waals surface area contributed by atoms with Gasteiger partial charge in [-0.05, 0) is 53.8 Å². The Kier molecular flexibility index (Phi) is 8.27. The van der Waals surface area contributed by atoms with Gasteiger partial charge in [-0.1, -0.05) is 58.4 Å². The van der Waals surface area contributed by atoms with Gasteiger partial charge in [-0.3, -0.25) is 19.6 Å². The van der Waals surface area contributed by atoms with E-state index < -0.39 is 39.3 Å². The number of ketones is 1. The molecule has 1 aromatic heterocycles. The van der Waals surface area contributed by atoms with Crippen molar-refractivity contribution in [1.29, 1.82) is 5.41 Å². The minimum atomic E-state index is -3.42. The highest BCUT2D eigenvalue weighted by Crippen LogP contribution is 2.33. The fourth-order valence-corrected chi connectivity index (χ4v) is 5.31. The van der Waals surface area contributed by atoms with E-state index in [0.29, 0.717) is 31.9 Å². The van der Waals surface area contributed by atoms with Gasteiger partial charge in [0.1, 0.15) is 5.71 Å². The Balaban J connectivity index is 1.99. The van der Waals surface area contributed by atoms with Crippen LogP contribution in [0.4, 0.5) is 0 Å². The van der Waals surface area contributed by atoms with Gasteiger partial charge in [-0.15, -0.1) is 0 Å². The molecule has 0 bridgehead atoms. The van der Waals surface area contributed by atoms with Crippen LogP contribution in [0.3, 0.4) is 0 Å². The Labute approximate surface area is 233 Å². The molecule has 0 aliphatic rings. The third kappa shape index (κ3) is 6.07. The molecule has 0 spiro atoms. The van der Waals surface area contributed by atoms with Gasteiger partial charge in [-0.2, -0.15) is 0 Å². The maximum Gasteiger partial charge on any atom is 0.352 e. The van der Waals surface area contributed by atoms with E-state index in [-0.39, 0.29) is 23.7 Å². The smallest absolute Gasteiger partial charge is 0.352 e. The minimum absolute atomic E-state index is 0.0392. The molecule has 39 heavy (non-hydrogen) atoms. The number of rotatable bonds is 9. The molecule has 0 aliphatic carbocycles. The zero-order valence-electron chi connectivity index (χ0n) is 21.2. The molecular formula is C29H25BrN2O6S. The van der Waals surface area contributed by atoms with Crippen molar-refractivity contribution in [2.45, 2.75) is 24.8 Å². The number of nitrogens with zero attached hydrogens (tertiary/aromatic N) is 1. The Hall–Kier alpha value is -3.89. The van der Waals surface area contributed by atoms with Crippen LogP contribution in [-0.4, -0.2) is 43.3 Å². The van der Waals surface area contributed by atoms with Crippen molar-refractivity contribution in [2.75, 3.05) is 12.9 Å². The van der Waals surface area contributed by atoms with Gasteiger partial charge in [0.2, 0.25) is 0 Å². The van der Waals surface area contributed by atoms with Crippen molar-refractivity contribution in [2.24, 2.45) is 0 Å². The van der Waals surface area contributed by atoms with Crippen molar-refractivity contribution < 1.29 is 22.7 Å². The van der Waals surface area contributed by atoms with E-state index in [0.717, 1.165) is 6.26 Å². The molecule has 1 heterocycles. The molecular weight excluding hydrogens is 584 g/mol. The molecule has 1 N–H and O–H groups in total. The number of hydrogen-bond donors (Lipinski definition) is 1. The van der Waals surface area contributed by atoms with Gasteiger partial charge in [0.05, 0.1) is 30.2 Å². The summed E-state index contributed by atoms with van der Waals surface area (Å²) in [4.78, 5) is 40.0. The summed E-state index contributed by atoms with van der Waals surface area (Å²) in [5.41, 5.74) is 0.836. The van der Waals surface area contributed by atoms with Crippen LogP contribution < -0.4 is 5.56 Å². The normalized spacial score (nSPS) is 11.4. The highest BCUT2D eigenvalue weighted by molar-refractivity contribution is 9.10. The molecule has 0 radical (unpaired) electrons. The number of carbonyl (C=O) groups excluding carboxylic acids is 2. The van der Waals surface area contributed by atoms with E-state index in [9.17, 15) is 22.8 Å². The Morgan fingerprint density at radius 2 is 1.64 bits per heavy atom. The first-order valence-corrected chi connectivity index (χ1v) is 14.7. The zero-order chi connectivity index (χ0) is 28.3. The van der Waals surface area contributed by atoms with Crippen molar-refractivity contribution in [3.8, 4) is 11.1 Å². The molecule has 0 saturated heterocycles. The SMILES string of the molecule is CCOC(=O)C(=N)CC(=O)c1c(-c2ccccc2)c2cc(Br)ccc2c(=O)n1Cc1ccc(S(C)(=O)=O)cc1. The third-order valence-corrected chi connectivity index (χ3v) is 7.73. The summed E-state index contributed by atoms with van der Waals surface area (Å²) < 4.78 is 30.8. The van der Waals surface area contributed by atoms with Crippen LogP contribution in [-0.2, 0) is 25.9 Å². The van der Waals surface area contributed by atoms with Crippen LogP contribution >= 0.6 is 15.9 Å². The molecule has 0 unspecified atom stereocenters. The van der Waals surface area contributed by atoms with Crippen LogP contribution in [0.1, 0.15) is 29.4 Å². The van der Waals surface area contributed by atoms with Gasteiger partial charge in [0, 0.05) is 21.7 Å². The monoisotopic (exact) mass is 608 g/mol. The lowest BCUT2D eigenvalue weighted by Gasteiger charge is -2.20. The number of esters is 1. The molecule has 200 valence electrons. The van der Waals surface area contributed by atoms with E-state index in [1.54, 1.807) is 37.3 Å². The number of aromatic nitrogens is 1. The number of carbonyl (C=O) groups is 2. The number of hydrogen-bond acceptors (Lipinski definition) is 7. The maximum absolute atomic E-state index is 13.9. The van der Waals surface area contributed by atoms with Crippen LogP contribution in [0.15, 0.2) is 87.0 Å². The number of nitrogens with one attached hydrogen (secondary N) is 1. The molecule has 0 fully saturated rings. The van der Waals surface area contributed by atoms with Crippen LogP contribution in [0.25, 0.3) is 21.9 Å². The van der Waals surface area contributed by atoms with E-state index in [1.165, 1.54) is 16.7 Å². The summed E-state index contributed by atoms with van der Waals surface area (Å²) in [6.07, 6.45) is 0.542. The van der Waals surface area contributed by atoms with E-state index in [1.807, 2.05) is 30.3 Å². The number of fused-ring (bicyclic) bond motifs is 1. The molecule has 0 saturated carbocycles. The fraction of sp³-hybridized carbons (Fsp3) is 0.172. The van der Waals surface area contributed by atoms with Gasteiger partial charge >= 0.3 is 5.97 Å². The average Bonchev–Trinajstić information content (AvgIpc) is 2.90. The fourth-order valence-electron chi connectivity index (χ4n) is 4.32. The van der Waals surface area contributed by atoms with Crippen molar-refractivity contribution in [3.63, 3.8) is 0 Å². The number of ether oxygens (including phenoxy) is 1. The molecule has 0 atom stereocenters. The Morgan fingerprint density at radius 1 is 0.974 bits per heavy atom. The second-order valence-corrected chi connectivity index (χ2v) is 11.8. The molecule has 4 rings (SSSR count). The number of pyridine rings is 1.